The van der Waals surface area contributed by atoms with E-state index in [-0.39, 0.29) is 10.6 Å². The molecule has 0 amide bonds. The second kappa shape index (κ2) is 4.40. The van der Waals surface area contributed by atoms with Crippen LogP contribution in [0.4, 0.5) is 5.69 Å². The van der Waals surface area contributed by atoms with E-state index in [4.69, 9.17) is 11.6 Å². The number of nitrogens with zero attached hydrogens (tertiary/aromatic N) is 1. The third-order valence-corrected chi connectivity index (χ3v) is 3.34. The molecule has 4 nitrogen and oxygen atoms in total. The van der Waals surface area contributed by atoms with Gasteiger partial charge in [0.2, 0.25) is 0 Å². The molecule has 0 unspecified atom stereocenters. The Hall–Kier alpha value is -2.33. The molecule has 0 saturated carbocycles. The Balaban J connectivity index is 2.27. The standard InChI is InChI=1S/C14H9ClN2O2/c15-12-7-9(8-13-11(12)5-6-16-13)10-3-1-2-4-14(10)17(18)19/h1-8,16H. The number of aromatic nitrogens is 1. The average molecular weight is 273 g/mol. The number of nitro benzene ring substituents is 1. The van der Waals surface area contributed by atoms with E-state index in [1.165, 1.54) is 6.07 Å². The van der Waals surface area contributed by atoms with Crippen LogP contribution < -0.4 is 0 Å². The van der Waals surface area contributed by atoms with Crippen LogP contribution in [0.15, 0.2) is 48.7 Å². The van der Waals surface area contributed by atoms with Gasteiger partial charge in [-0.15, -0.1) is 0 Å². The summed E-state index contributed by atoms with van der Waals surface area (Å²) in [4.78, 5) is 13.7. The Morgan fingerprint density at radius 3 is 2.74 bits per heavy atom. The monoisotopic (exact) mass is 272 g/mol. The van der Waals surface area contributed by atoms with E-state index in [0.29, 0.717) is 10.6 Å². The lowest BCUT2D eigenvalue weighted by Crippen LogP contribution is -1.91. The van der Waals surface area contributed by atoms with Gasteiger partial charge in [-0.2, -0.15) is 0 Å². The van der Waals surface area contributed by atoms with Gasteiger partial charge in [0, 0.05) is 23.2 Å². The number of para-hydroxylation sites is 1. The van der Waals surface area contributed by atoms with Crippen LogP contribution in [-0.2, 0) is 0 Å². The van der Waals surface area contributed by atoms with Crippen LogP contribution in [0.1, 0.15) is 0 Å². The quantitative estimate of drug-likeness (QED) is 0.555. The third-order valence-electron chi connectivity index (χ3n) is 3.03. The van der Waals surface area contributed by atoms with Crippen molar-refractivity contribution in [1.82, 2.24) is 4.98 Å². The fourth-order valence-electron chi connectivity index (χ4n) is 2.15. The first-order chi connectivity index (χ1) is 9.16. The van der Waals surface area contributed by atoms with Gasteiger partial charge in [0.1, 0.15) is 0 Å². The fourth-order valence-corrected chi connectivity index (χ4v) is 2.44. The Labute approximate surface area is 113 Å². The molecule has 0 bridgehead atoms. The molecule has 3 rings (SSSR count). The van der Waals surface area contributed by atoms with Crippen molar-refractivity contribution >= 4 is 28.2 Å². The molecule has 5 heteroatoms. The number of hydrogen-bond acceptors (Lipinski definition) is 2. The number of aromatic amines is 1. The van der Waals surface area contributed by atoms with Crippen molar-refractivity contribution in [2.24, 2.45) is 0 Å². The lowest BCUT2D eigenvalue weighted by Gasteiger charge is -2.05. The lowest BCUT2D eigenvalue weighted by atomic mass is 10.0. The van der Waals surface area contributed by atoms with Gasteiger partial charge < -0.3 is 4.98 Å². The topological polar surface area (TPSA) is 58.9 Å². The molecular weight excluding hydrogens is 264 g/mol. The van der Waals surface area contributed by atoms with Crippen LogP contribution in [0, 0.1) is 10.1 Å². The summed E-state index contributed by atoms with van der Waals surface area (Å²) >= 11 is 6.20. The second-order valence-corrected chi connectivity index (χ2v) is 4.58. The maximum Gasteiger partial charge on any atom is 0.277 e. The molecule has 0 spiro atoms. The van der Waals surface area contributed by atoms with Crippen molar-refractivity contribution in [3.8, 4) is 11.1 Å². The highest BCUT2D eigenvalue weighted by molar-refractivity contribution is 6.35. The molecule has 0 fully saturated rings. The molecule has 0 aliphatic carbocycles. The van der Waals surface area contributed by atoms with Crippen LogP contribution in [-0.4, -0.2) is 9.91 Å². The van der Waals surface area contributed by atoms with Gasteiger partial charge >= 0.3 is 0 Å². The Morgan fingerprint density at radius 1 is 1.16 bits per heavy atom. The zero-order valence-electron chi connectivity index (χ0n) is 9.76. The number of rotatable bonds is 2. The fraction of sp³-hybridized carbons (Fsp3) is 0. The Bertz CT molecular complexity index is 780. The number of fused-ring (bicyclic) bond motifs is 1. The molecule has 19 heavy (non-hydrogen) atoms. The second-order valence-electron chi connectivity index (χ2n) is 4.17. The van der Waals surface area contributed by atoms with Gasteiger partial charge in [0.25, 0.3) is 5.69 Å². The molecule has 1 aromatic heterocycles. The summed E-state index contributed by atoms with van der Waals surface area (Å²) in [7, 11) is 0. The summed E-state index contributed by atoms with van der Waals surface area (Å²) in [5, 5.41) is 12.5. The highest BCUT2D eigenvalue weighted by Crippen LogP contribution is 2.34. The van der Waals surface area contributed by atoms with E-state index in [2.05, 4.69) is 4.98 Å². The van der Waals surface area contributed by atoms with E-state index in [1.807, 2.05) is 12.1 Å². The van der Waals surface area contributed by atoms with Gasteiger partial charge in [-0.1, -0.05) is 23.7 Å². The van der Waals surface area contributed by atoms with Crippen molar-refractivity contribution in [3.63, 3.8) is 0 Å². The number of benzene rings is 2. The van der Waals surface area contributed by atoms with Crippen molar-refractivity contribution in [3.05, 3.63) is 63.8 Å². The molecule has 1 heterocycles. The summed E-state index contributed by atoms with van der Waals surface area (Å²) in [6, 6.07) is 12.1. The van der Waals surface area contributed by atoms with Crippen LogP contribution >= 0.6 is 11.6 Å². The minimum Gasteiger partial charge on any atom is -0.361 e. The molecule has 0 saturated heterocycles. The van der Waals surface area contributed by atoms with E-state index in [0.717, 1.165) is 16.5 Å². The molecule has 94 valence electrons. The molecule has 0 atom stereocenters. The van der Waals surface area contributed by atoms with Crippen LogP contribution in [0.25, 0.3) is 22.0 Å². The Morgan fingerprint density at radius 2 is 1.95 bits per heavy atom. The SMILES string of the molecule is O=[N+]([O-])c1ccccc1-c1cc(Cl)c2cc[nH]c2c1. The molecule has 3 aromatic rings. The normalized spacial score (nSPS) is 10.8. The summed E-state index contributed by atoms with van der Waals surface area (Å²) in [6.45, 7) is 0. The predicted octanol–water partition coefficient (Wildman–Crippen LogP) is 4.40. The highest BCUT2D eigenvalue weighted by atomic mass is 35.5. The smallest absolute Gasteiger partial charge is 0.277 e. The molecule has 0 aliphatic heterocycles. The minimum absolute atomic E-state index is 0.0736. The molecule has 2 aromatic carbocycles. The average Bonchev–Trinajstić information content (AvgIpc) is 2.87. The zero-order valence-corrected chi connectivity index (χ0v) is 10.5. The summed E-state index contributed by atoms with van der Waals surface area (Å²) in [5.41, 5.74) is 2.23. The largest absolute Gasteiger partial charge is 0.361 e. The number of halogens is 1. The summed E-state index contributed by atoms with van der Waals surface area (Å²) in [6.07, 6.45) is 1.79. The van der Waals surface area contributed by atoms with Gasteiger partial charge in [-0.25, -0.2) is 0 Å². The predicted molar refractivity (Wildman–Crippen MR) is 75.4 cm³/mol. The molecule has 0 aliphatic rings. The first-order valence-corrected chi connectivity index (χ1v) is 6.05. The molecular formula is C14H9ClN2O2. The first kappa shape index (κ1) is 11.7. The van der Waals surface area contributed by atoms with E-state index in [9.17, 15) is 10.1 Å². The van der Waals surface area contributed by atoms with E-state index < -0.39 is 0 Å². The first-order valence-electron chi connectivity index (χ1n) is 5.67. The zero-order chi connectivity index (χ0) is 13.4. The molecule has 0 radical (unpaired) electrons. The van der Waals surface area contributed by atoms with Crippen LogP contribution in [0.2, 0.25) is 5.02 Å². The maximum atomic E-state index is 11.1. The van der Waals surface area contributed by atoms with E-state index in [1.54, 1.807) is 30.5 Å². The number of hydrogen-bond donors (Lipinski definition) is 1. The van der Waals surface area contributed by atoms with Crippen molar-refractivity contribution in [1.29, 1.82) is 0 Å². The number of nitrogens with one attached hydrogen (secondary N) is 1. The Kier molecular flexibility index (Phi) is 2.72. The molecule has 1 N–H and O–H groups in total. The number of nitro groups is 1. The minimum atomic E-state index is -0.387. The number of H-pyrrole nitrogens is 1. The maximum absolute atomic E-state index is 11.1. The van der Waals surface area contributed by atoms with E-state index >= 15 is 0 Å². The van der Waals surface area contributed by atoms with Crippen LogP contribution in [0.3, 0.4) is 0 Å². The summed E-state index contributed by atoms with van der Waals surface area (Å²) < 4.78 is 0. The van der Waals surface area contributed by atoms with Gasteiger partial charge in [-0.05, 0) is 29.8 Å². The van der Waals surface area contributed by atoms with Crippen LogP contribution in [0.5, 0.6) is 0 Å². The van der Waals surface area contributed by atoms with Crippen molar-refractivity contribution in [2.75, 3.05) is 0 Å². The van der Waals surface area contributed by atoms with Crippen molar-refractivity contribution in [2.45, 2.75) is 0 Å². The van der Waals surface area contributed by atoms with Gasteiger partial charge in [0.05, 0.1) is 15.5 Å². The third kappa shape index (κ3) is 1.96. The summed E-state index contributed by atoms with van der Waals surface area (Å²) in [5.74, 6) is 0. The van der Waals surface area contributed by atoms with Crippen molar-refractivity contribution < 1.29 is 4.92 Å². The van der Waals surface area contributed by atoms with Gasteiger partial charge in [0.15, 0.2) is 0 Å². The van der Waals surface area contributed by atoms with Gasteiger partial charge in [-0.3, -0.25) is 10.1 Å². The lowest BCUT2D eigenvalue weighted by molar-refractivity contribution is -0.384. The highest BCUT2D eigenvalue weighted by Gasteiger charge is 2.15.